The summed E-state index contributed by atoms with van der Waals surface area (Å²) >= 11 is 0. The van der Waals surface area contributed by atoms with Gasteiger partial charge in [-0.2, -0.15) is 0 Å². The van der Waals surface area contributed by atoms with E-state index in [1.54, 1.807) is 6.20 Å². The van der Waals surface area contributed by atoms with Crippen LogP contribution in [0.5, 0.6) is 0 Å². The highest BCUT2D eigenvalue weighted by Gasteiger charge is 1.96. The molecule has 0 spiro atoms. The van der Waals surface area contributed by atoms with Gasteiger partial charge in [-0.1, -0.05) is 6.07 Å². The summed E-state index contributed by atoms with van der Waals surface area (Å²) in [5, 5.41) is 0. The minimum Gasteiger partial charge on any atom is -0.404 e. The molecule has 0 radical (unpaired) electrons. The van der Waals surface area contributed by atoms with Crippen LogP contribution in [0, 0.1) is 0 Å². The van der Waals surface area contributed by atoms with Crippen molar-refractivity contribution in [3.05, 3.63) is 41.9 Å². The summed E-state index contributed by atoms with van der Waals surface area (Å²) < 4.78 is 0. The van der Waals surface area contributed by atoms with Crippen LogP contribution in [0.3, 0.4) is 0 Å². The molecule has 1 amide bonds. The van der Waals surface area contributed by atoms with Crippen molar-refractivity contribution >= 4 is 12.6 Å². The summed E-state index contributed by atoms with van der Waals surface area (Å²) in [6.45, 7) is 0. The molecule has 0 aliphatic heterocycles. The summed E-state index contributed by atoms with van der Waals surface area (Å²) in [6.07, 6.45) is 5.61. The lowest BCUT2D eigenvalue weighted by Crippen LogP contribution is -1.98. The molecule has 1 aromatic heterocycles. The van der Waals surface area contributed by atoms with Crippen LogP contribution < -0.4 is 5.73 Å². The zero-order valence-electron chi connectivity index (χ0n) is 7.63. The number of hydrogen-bond donors (Lipinski definition) is 1. The fraction of sp³-hybridized carbons (Fsp3) is 0.100. The smallest absolute Gasteiger partial charge is 0.232 e. The third-order valence-corrected chi connectivity index (χ3v) is 1.63. The molecule has 4 heteroatoms. The molecule has 72 valence electrons. The van der Waals surface area contributed by atoms with Gasteiger partial charge >= 0.3 is 0 Å². The number of amides is 1. The Balaban J connectivity index is 2.67. The first-order valence-electron chi connectivity index (χ1n) is 4.14. The number of nitrogens with zero attached hydrogens (tertiary/aromatic N) is 2. The molecule has 4 nitrogen and oxygen atoms in total. The summed E-state index contributed by atoms with van der Waals surface area (Å²) in [4.78, 5) is 17.6. The Bertz CT molecular complexity index is 344. The van der Waals surface area contributed by atoms with Gasteiger partial charge in [0.1, 0.15) is 0 Å². The molecule has 0 bridgehead atoms. The van der Waals surface area contributed by atoms with Gasteiger partial charge in [-0.15, -0.1) is 0 Å². The Hall–Kier alpha value is -1.97. The van der Waals surface area contributed by atoms with Crippen LogP contribution in [0.4, 0.5) is 0 Å². The summed E-state index contributed by atoms with van der Waals surface area (Å²) in [5.74, 6) is 0. The lowest BCUT2D eigenvalue weighted by Gasteiger charge is -1.98. The molecule has 1 rings (SSSR count). The monoisotopic (exact) mass is 189 g/mol. The van der Waals surface area contributed by atoms with Crippen molar-refractivity contribution < 1.29 is 4.79 Å². The van der Waals surface area contributed by atoms with Crippen molar-refractivity contribution in [2.75, 3.05) is 0 Å². The van der Waals surface area contributed by atoms with Crippen molar-refractivity contribution in [3.63, 3.8) is 0 Å². The predicted octanol–water partition coefficient (Wildman–Crippen LogP) is 0.694. The van der Waals surface area contributed by atoms with E-state index in [1.807, 2.05) is 18.2 Å². The minimum atomic E-state index is 0.474. The van der Waals surface area contributed by atoms with Crippen LogP contribution >= 0.6 is 0 Å². The number of allylic oxidation sites excluding steroid dienone is 1. The maximum Gasteiger partial charge on any atom is 0.232 e. The Morgan fingerprint density at radius 3 is 3.00 bits per heavy atom. The number of carbonyl (C=O) groups is 1. The van der Waals surface area contributed by atoms with Crippen LogP contribution in [0.2, 0.25) is 0 Å². The second-order valence-corrected chi connectivity index (χ2v) is 2.62. The number of hydrogen-bond acceptors (Lipinski definition) is 3. The van der Waals surface area contributed by atoms with E-state index in [2.05, 4.69) is 9.98 Å². The van der Waals surface area contributed by atoms with E-state index in [0.29, 0.717) is 12.8 Å². The van der Waals surface area contributed by atoms with Crippen molar-refractivity contribution in [2.45, 2.75) is 6.42 Å². The van der Waals surface area contributed by atoms with Crippen LogP contribution in [-0.2, 0) is 11.2 Å². The highest BCUT2D eigenvalue weighted by Crippen LogP contribution is 2.01. The Morgan fingerprint density at radius 1 is 1.57 bits per heavy atom. The number of carbonyl (C=O) groups excluding carboxylic acids is 1. The van der Waals surface area contributed by atoms with E-state index in [-0.39, 0.29) is 0 Å². The zero-order valence-corrected chi connectivity index (χ0v) is 7.63. The second-order valence-electron chi connectivity index (χ2n) is 2.62. The second kappa shape index (κ2) is 5.64. The number of aliphatic imine (C=N–C) groups is 1. The average molecular weight is 189 g/mol. The molecule has 14 heavy (non-hydrogen) atoms. The Morgan fingerprint density at radius 2 is 2.43 bits per heavy atom. The standard InChI is InChI=1S/C10H11N3O/c11-6-9(7-12-8-14)5-10-3-1-2-4-13-10/h1-4,6-8H,5,11H2/b9-6-,12-7?. The molecule has 0 unspecified atom stereocenters. The third-order valence-electron chi connectivity index (χ3n) is 1.63. The highest BCUT2D eigenvalue weighted by molar-refractivity contribution is 5.84. The average Bonchev–Trinajstić information content (AvgIpc) is 2.25. The molecule has 2 N–H and O–H groups in total. The number of pyridine rings is 1. The Kier molecular flexibility index (Phi) is 4.07. The van der Waals surface area contributed by atoms with Gasteiger partial charge in [0.25, 0.3) is 0 Å². The van der Waals surface area contributed by atoms with E-state index in [9.17, 15) is 4.79 Å². The molecule has 0 saturated carbocycles. The first-order chi connectivity index (χ1) is 6.86. The SMILES string of the molecule is N/C=C(\C=NC=O)Cc1ccccn1. The fourth-order valence-electron chi connectivity index (χ4n) is 0.986. The highest BCUT2D eigenvalue weighted by atomic mass is 16.1. The predicted molar refractivity (Wildman–Crippen MR) is 54.8 cm³/mol. The van der Waals surface area contributed by atoms with Crippen LogP contribution in [0.1, 0.15) is 5.69 Å². The van der Waals surface area contributed by atoms with E-state index in [1.165, 1.54) is 12.4 Å². The minimum absolute atomic E-state index is 0.474. The molecule has 0 fully saturated rings. The van der Waals surface area contributed by atoms with Gasteiger partial charge in [-0.3, -0.25) is 9.78 Å². The van der Waals surface area contributed by atoms with Crippen LogP contribution in [0.15, 0.2) is 41.2 Å². The first-order valence-corrected chi connectivity index (χ1v) is 4.14. The fourth-order valence-corrected chi connectivity index (χ4v) is 0.986. The van der Waals surface area contributed by atoms with Crippen LogP contribution in [0.25, 0.3) is 0 Å². The van der Waals surface area contributed by atoms with Crippen LogP contribution in [-0.4, -0.2) is 17.6 Å². The Labute approximate surface area is 82.2 Å². The third kappa shape index (κ3) is 3.18. The molecule has 0 saturated heterocycles. The van der Waals surface area contributed by atoms with Gasteiger partial charge in [0.05, 0.1) is 0 Å². The normalized spacial score (nSPS) is 11.9. The lowest BCUT2D eigenvalue weighted by molar-refractivity contribution is -0.106. The molecule has 0 aliphatic carbocycles. The maximum absolute atomic E-state index is 10.00. The largest absolute Gasteiger partial charge is 0.404 e. The number of aromatic nitrogens is 1. The van der Waals surface area contributed by atoms with Crippen molar-refractivity contribution in [3.8, 4) is 0 Å². The van der Waals surface area contributed by atoms with Crippen molar-refractivity contribution in [1.82, 2.24) is 4.98 Å². The van der Waals surface area contributed by atoms with E-state index < -0.39 is 0 Å². The van der Waals surface area contributed by atoms with Crippen molar-refractivity contribution in [2.24, 2.45) is 10.7 Å². The van der Waals surface area contributed by atoms with Gasteiger partial charge in [0.2, 0.25) is 6.41 Å². The van der Waals surface area contributed by atoms with E-state index >= 15 is 0 Å². The lowest BCUT2D eigenvalue weighted by atomic mass is 10.1. The molecular formula is C10H11N3O. The summed E-state index contributed by atoms with van der Waals surface area (Å²) in [6, 6.07) is 5.63. The number of rotatable bonds is 4. The molecule has 1 heterocycles. The van der Waals surface area contributed by atoms with Gasteiger partial charge in [-0.05, 0) is 23.9 Å². The van der Waals surface area contributed by atoms with Gasteiger partial charge in [0.15, 0.2) is 0 Å². The zero-order chi connectivity index (χ0) is 10.2. The van der Waals surface area contributed by atoms with Crippen molar-refractivity contribution in [1.29, 1.82) is 0 Å². The maximum atomic E-state index is 10.00. The van der Waals surface area contributed by atoms with Gasteiger partial charge in [0, 0.05) is 24.5 Å². The molecule has 0 aliphatic rings. The number of nitrogens with two attached hydrogens (primary N) is 1. The van der Waals surface area contributed by atoms with Gasteiger partial charge < -0.3 is 5.73 Å². The molecule has 0 aromatic carbocycles. The van der Waals surface area contributed by atoms with E-state index in [0.717, 1.165) is 11.3 Å². The topological polar surface area (TPSA) is 68.3 Å². The first kappa shape index (κ1) is 10.1. The summed E-state index contributed by atoms with van der Waals surface area (Å²) in [5.41, 5.74) is 7.01. The molecule has 0 atom stereocenters. The molecule has 1 aromatic rings. The van der Waals surface area contributed by atoms with Gasteiger partial charge in [-0.25, -0.2) is 4.99 Å². The molecular weight excluding hydrogens is 178 g/mol. The quantitative estimate of drug-likeness (QED) is 0.559. The summed E-state index contributed by atoms with van der Waals surface area (Å²) in [7, 11) is 0. The van der Waals surface area contributed by atoms with E-state index in [4.69, 9.17) is 5.73 Å².